The Balaban J connectivity index is 2.06. The van der Waals surface area contributed by atoms with E-state index in [0.29, 0.717) is 6.42 Å². The fourth-order valence-electron chi connectivity index (χ4n) is 2.89. The number of amides is 1. The van der Waals surface area contributed by atoms with Gasteiger partial charge in [-0.2, -0.15) is 0 Å². The molecule has 0 fully saturated rings. The van der Waals surface area contributed by atoms with Crippen molar-refractivity contribution in [3.63, 3.8) is 0 Å². The topological polar surface area (TPSA) is 55.1 Å². The van der Waals surface area contributed by atoms with Crippen molar-refractivity contribution in [1.29, 1.82) is 0 Å². The first-order valence-corrected chi connectivity index (χ1v) is 8.23. The lowest BCUT2D eigenvalue weighted by molar-refractivity contribution is -0.122. The zero-order valence-corrected chi connectivity index (χ0v) is 14.4. The molecular formula is C16H14Br2N2O. The first-order valence-electron chi connectivity index (χ1n) is 6.64. The quantitative estimate of drug-likeness (QED) is 0.806. The monoisotopic (exact) mass is 408 g/mol. The molecule has 0 spiro atoms. The van der Waals surface area contributed by atoms with Crippen molar-refractivity contribution in [1.82, 2.24) is 0 Å². The Bertz CT molecular complexity index is 700. The van der Waals surface area contributed by atoms with E-state index in [1.54, 1.807) is 0 Å². The normalized spacial score (nSPS) is 20.1. The molecule has 2 aromatic carbocycles. The van der Waals surface area contributed by atoms with Crippen molar-refractivity contribution in [2.24, 2.45) is 5.73 Å². The minimum Gasteiger partial charge on any atom is -0.368 e. The molecule has 1 amide bonds. The van der Waals surface area contributed by atoms with Crippen molar-refractivity contribution in [2.45, 2.75) is 18.4 Å². The summed E-state index contributed by atoms with van der Waals surface area (Å²) in [6, 6.07) is 13.7. The van der Waals surface area contributed by atoms with Crippen molar-refractivity contribution in [2.75, 3.05) is 5.32 Å². The van der Waals surface area contributed by atoms with Crippen molar-refractivity contribution < 1.29 is 4.79 Å². The maximum absolute atomic E-state index is 12.2. The molecule has 5 heteroatoms. The number of carbonyl (C=O) groups excluding carboxylic acids is 1. The largest absolute Gasteiger partial charge is 0.368 e. The van der Waals surface area contributed by atoms with Crippen LogP contribution in [0.5, 0.6) is 0 Å². The first kappa shape index (κ1) is 14.6. The molecule has 0 bridgehead atoms. The lowest BCUT2D eigenvalue weighted by Gasteiger charge is -2.29. The average molecular weight is 410 g/mol. The minimum atomic E-state index is -0.840. The highest BCUT2D eigenvalue weighted by Gasteiger charge is 2.44. The third-order valence-corrected chi connectivity index (χ3v) is 5.22. The van der Waals surface area contributed by atoms with Gasteiger partial charge < -0.3 is 11.1 Å². The molecule has 1 aliphatic carbocycles. The Morgan fingerprint density at radius 2 is 1.86 bits per heavy atom. The van der Waals surface area contributed by atoms with Gasteiger partial charge in [0, 0.05) is 14.6 Å². The number of nitrogens with one attached hydrogen (secondary N) is 1. The van der Waals surface area contributed by atoms with Gasteiger partial charge in [-0.3, -0.25) is 4.79 Å². The van der Waals surface area contributed by atoms with Gasteiger partial charge in [-0.15, -0.1) is 0 Å². The predicted octanol–water partition coefficient (Wildman–Crippen LogP) is 3.95. The van der Waals surface area contributed by atoms with Crippen LogP contribution in [0, 0.1) is 0 Å². The van der Waals surface area contributed by atoms with E-state index in [-0.39, 0.29) is 5.91 Å². The maximum Gasteiger partial charge on any atom is 0.247 e. The van der Waals surface area contributed by atoms with E-state index < -0.39 is 5.54 Å². The summed E-state index contributed by atoms with van der Waals surface area (Å²) in [6.07, 6.45) is 1.49. The number of rotatable bonds is 3. The summed E-state index contributed by atoms with van der Waals surface area (Å²) in [7, 11) is 0. The molecule has 3 nitrogen and oxygen atoms in total. The third-order valence-electron chi connectivity index (χ3n) is 3.95. The molecule has 0 saturated carbocycles. The van der Waals surface area contributed by atoms with E-state index in [0.717, 1.165) is 32.2 Å². The van der Waals surface area contributed by atoms with Crippen LogP contribution in [0.2, 0.25) is 0 Å². The van der Waals surface area contributed by atoms with E-state index in [1.165, 1.54) is 0 Å². The van der Waals surface area contributed by atoms with Gasteiger partial charge >= 0.3 is 0 Å². The number of halogens is 2. The highest BCUT2D eigenvalue weighted by atomic mass is 79.9. The maximum atomic E-state index is 12.2. The molecule has 0 aliphatic heterocycles. The summed E-state index contributed by atoms with van der Waals surface area (Å²) in [6.45, 7) is 0. The molecule has 0 aromatic heterocycles. The van der Waals surface area contributed by atoms with E-state index >= 15 is 0 Å². The van der Waals surface area contributed by atoms with Crippen LogP contribution in [0.15, 0.2) is 51.4 Å². The summed E-state index contributed by atoms with van der Waals surface area (Å²) in [5, 5.41) is 3.35. The summed E-state index contributed by atoms with van der Waals surface area (Å²) in [5.74, 6) is -0.345. The fourth-order valence-corrected chi connectivity index (χ4v) is 3.72. The van der Waals surface area contributed by atoms with E-state index in [9.17, 15) is 4.79 Å². The van der Waals surface area contributed by atoms with Crippen LogP contribution in [-0.2, 0) is 16.8 Å². The third kappa shape index (κ3) is 2.49. The number of anilines is 1. The lowest BCUT2D eigenvalue weighted by atomic mass is 9.90. The molecule has 108 valence electrons. The van der Waals surface area contributed by atoms with Gasteiger partial charge in [-0.05, 0) is 54.3 Å². The second-order valence-corrected chi connectivity index (χ2v) is 6.94. The van der Waals surface area contributed by atoms with Crippen LogP contribution in [-0.4, -0.2) is 5.91 Å². The number of hydrogen-bond donors (Lipinski definition) is 2. The zero-order chi connectivity index (χ0) is 15.0. The Labute approximate surface area is 140 Å². The summed E-state index contributed by atoms with van der Waals surface area (Å²) in [4.78, 5) is 12.2. The Morgan fingerprint density at radius 3 is 2.52 bits per heavy atom. The Hall–Kier alpha value is -1.33. The van der Waals surface area contributed by atoms with Crippen LogP contribution < -0.4 is 11.1 Å². The van der Waals surface area contributed by atoms with Crippen molar-refractivity contribution in [3.8, 4) is 0 Å². The molecule has 1 atom stereocenters. The SMILES string of the molecule is NC(=O)C1(Nc2ccc(Br)cc2)CCc2c(Br)cccc21. The van der Waals surface area contributed by atoms with E-state index in [4.69, 9.17) is 5.73 Å². The number of benzene rings is 2. The zero-order valence-electron chi connectivity index (χ0n) is 11.2. The van der Waals surface area contributed by atoms with Gasteiger partial charge in [0.25, 0.3) is 0 Å². The van der Waals surface area contributed by atoms with E-state index in [1.807, 2.05) is 42.5 Å². The molecule has 0 heterocycles. The highest BCUT2D eigenvalue weighted by molar-refractivity contribution is 9.10. The number of carbonyl (C=O) groups is 1. The standard InChI is InChI=1S/C16H14Br2N2O/c17-10-4-6-11(7-5-10)20-16(15(19)21)9-8-12-13(16)2-1-3-14(12)18/h1-7,20H,8-9H2,(H2,19,21). The highest BCUT2D eigenvalue weighted by Crippen LogP contribution is 2.42. The smallest absolute Gasteiger partial charge is 0.247 e. The molecule has 3 N–H and O–H groups in total. The second-order valence-electron chi connectivity index (χ2n) is 5.17. The lowest BCUT2D eigenvalue weighted by Crippen LogP contribution is -2.46. The molecule has 1 unspecified atom stereocenters. The number of nitrogens with two attached hydrogens (primary N) is 1. The summed E-state index contributed by atoms with van der Waals surface area (Å²) in [5.41, 5.74) is 7.91. The molecular weight excluding hydrogens is 396 g/mol. The average Bonchev–Trinajstić information content (AvgIpc) is 2.83. The molecule has 0 saturated heterocycles. The molecule has 21 heavy (non-hydrogen) atoms. The minimum absolute atomic E-state index is 0.345. The summed E-state index contributed by atoms with van der Waals surface area (Å²) < 4.78 is 2.02. The van der Waals surface area contributed by atoms with Crippen LogP contribution >= 0.6 is 31.9 Å². The van der Waals surface area contributed by atoms with Crippen LogP contribution in [0.3, 0.4) is 0 Å². The van der Waals surface area contributed by atoms with Gasteiger partial charge in [0.05, 0.1) is 0 Å². The van der Waals surface area contributed by atoms with Crippen molar-refractivity contribution >= 4 is 43.5 Å². The second kappa shape index (κ2) is 5.46. The molecule has 3 rings (SSSR count). The molecule has 1 aliphatic rings. The van der Waals surface area contributed by atoms with Gasteiger partial charge in [0.2, 0.25) is 5.91 Å². The number of hydrogen-bond acceptors (Lipinski definition) is 2. The van der Waals surface area contributed by atoms with Crippen LogP contribution in [0.25, 0.3) is 0 Å². The van der Waals surface area contributed by atoms with E-state index in [2.05, 4.69) is 37.2 Å². The fraction of sp³-hybridized carbons (Fsp3) is 0.188. The Morgan fingerprint density at radius 1 is 1.14 bits per heavy atom. The van der Waals surface area contributed by atoms with Gasteiger partial charge in [-0.1, -0.05) is 44.0 Å². The number of primary amides is 1. The number of fused-ring (bicyclic) bond motifs is 1. The molecule has 0 radical (unpaired) electrons. The summed E-state index contributed by atoms with van der Waals surface area (Å²) >= 11 is 6.97. The van der Waals surface area contributed by atoms with Gasteiger partial charge in [-0.25, -0.2) is 0 Å². The van der Waals surface area contributed by atoms with Crippen LogP contribution in [0.1, 0.15) is 17.5 Å². The van der Waals surface area contributed by atoms with Gasteiger partial charge in [0.15, 0.2) is 0 Å². The van der Waals surface area contributed by atoms with Gasteiger partial charge in [0.1, 0.15) is 5.54 Å². The predicted molar refractivity (Wildman–Crippen MR) is 91.1 cm³/mol. The Kier molecular flexibility index (Phi) is 3.80. The molecule has 2 aromatic rings. The van der Waals surface area contributed by atoms with Crippen molar-refractivity contribution in [3.05, 3.63) is 62.5 Å². The first-order chi connectivity index (χ1) is 10.0. The van der Waals surface area contributed by atoms with Crippen LogP contribution in [0.4, 0.5) is 5.69 Å².